The van der Waals surface area contributed by atoms with Crippen molar-refractivity contribution in [3.05, 3.63) is 65.7 Å². The van der Waals surface area contributed by atoms with Crippen LogP contribution in [-0.4, -0.2) is 24.3 Å². The van der Waals surface area contributed by atoms with Gasteiger partial charge in [0, 0.05) is 29.3 Å². The van der Waals surface area contributed by atoms with E-state index in [4.69, 9.17) is 9.47 Å². The number of benzene rings is 2. The van der Waals surface area contributed by atoms with Crippen molar-refractivity contribution < 1.29 is 9.47 Å². The lowest BCUT2D eigenvalue weighted by molar-refractivity contribution is 0.174. The fourth-order valence-electron chi connectivity index (χ4n) is 4.15. The number of hydrogen-bond acceptors (Lipinski definition) is 4. The Morgan fingerprint density at radius 3 is 2.69 bits per heavy atom. The Kier molecular flexibility index (Phi) is 4.39. The third-order valence-electron chi connectivity index (χ3n) is 5.47. The molecule has 0 amide bonds. The van der Waals surface area contributed by atoms with Gasteiger partial charge in [0.05, 0.1) is 0 Å². The Hall–Kier alpha value is -1.91. The van der Waals surface area contributed by atoms with Crippen molar-refractivity contribution in [3.63, 3.8) is 0 Å². The normalized spacial score (nSPS) is 24.5. The van der Waals surface area contributed by atoms with Crippen LogP contribution in [0.1, 0.15) is 35.6 Å². The molecule has 4 heteroatoms. The maximum absolute atomic E-state index is 5.65. The minimum Gasteiger partial charge on any atom is -0.454 e. The van der Waals surface area contributed by atoms with E-state index < -0.39 is 0 Å². The van der Waals surface area contributed by atoms with E-state index >= 15 is 0 Å². The molecule has 0 radical (unpaired) electrons. The van der Waals surface area contributed by atoms with Gasteiger partial charge in [0.25, 0.3) is 0 Å². The maximum atomic E-state index is 5.65. The second-order valence-corrected chi connectivity index (χ2v) is 8.46. The van der Waals surface area contributed by atoms with Crippen molar-refractivity contribution in [2.45, 2.75) is 42.0 Å². The molecule has 0 aromatic heterocycles. The molecule has 0 bridgehead atoms. The predicted molar refractivity (Wildman–Crippen MR) is 105 cm³/mol. The summed E-state index contributed by atoms with van der Waals surface area (Å²) in [6.45, 7) is 2.40. The molecule has 2 atom stereocenters. The van der Waals surface area contributed by atoms with Crippen molar-refractivity contribution in [1.82, 2.24) is 4.90 Å². The summed E-state index contributed by atoms with van der Waals surface area (Å²) < 4.78 is 11.3. The van der Waals surface area contributed by atoms with Gasteiger partial charge < -0.3 is 9.47 Å². The second-order valence-electron chi connectivity index (χ2n) is 7.18. The van der Waals surface area contributed by atoms with Crippen LogP contribution in [0.3, 0.4) is 0 Å². The first kappa shape index (κ1) is 16.3. The van der Waals surface area contributed by atoms with Crippen molar-refractivity contribution in [3.8, 4) is 11.5 Å². The first-order valence-corrected chi connectivity index (χ1v) is 10.3. The number of rotatable bonds is 3. The van der Waals surface area contributed by atoms with E-state index in [1.54, 1.807) is 0 Å². The summed E-state index contributed by atoms with van der Waals surface area (Å²) in [5.74, 6) is 1.79. The lowest BCUT2D eigenvalue weighted by Crippen LogP contribution is -2.40. The largest absolute Gasteiger partial charge is 0.454 e. The molecule has 2 heterocycles. The molecule has 0 unspecified atom stereocenters. The van der Waals surface area contributed by atoms with Crippen molar-refractivity contribution in [2.24, 2.45) is 0 Å². The summed E-state index contributed by atoms with van der Waals surface area (Å²) in [5, 5.41) is 0.408. The van der Waals surface area contributed by atoms with E-state index in [2.05, 4.69) is 59.5 Å². The molecule has 5 rings (SSSR count). The molecule has 2 aliphatic heterocycles. The predicted octanol–water partition coefficient (Wildman–Crippen LogP) is 5.17. The van der Waals surface area contributed by atoms with Gasteiger partial charge >= 0.3 is 0 Å². The third-order valence-corrected chi connectivity index (χ3v) is 6.71. The molecule has 0 saturated carbocycles. The van der Waals surface area contributed by atoms with Gasteiger partial charge in [-0.25, -0.2) is 0 Å². The SMILES string of the molecule is C1=C[C@@H](N2Cc3cc4c(cc3[C@H](Sc3ccccc3)C2)OCO4)CCC1. The summed E-state index contributed by atoms with van der Waals surface area (Å²) in [5.41, 5.74) is 2.78. The van der Waals surface area contributed by atoms with Gasteiger partial charge in [-0.05, 0) is 54.7 Å². The zero-order chi connectivity index (χ0) is 17.3. The molecular weight excluding hydrogens is 342 g/mol. The highest BCUT2D eigenvalue weighted by Gasteiger charge is 2.32. The molecule has 0 saturated heterocycles. The molecule has 134 valence electrons. The fourth-order valence-corrected chi connectivity index (χ4v) is 5.40. The molecule has 3 aliphatic rings. The van der Waals surface area contributed by atoms with Crippen LogP contribution in [0.25, 0.3) is 0 Å². The summed E-state index contributed by atoms with van der Waals surface area (Å²) in [6.07, 6.45) is 8.54. The van der Waals surface area contributed by atoms with Gasteiger partial charge in [-0.3, -0.25) is 4.90 Å². The van der Waals surface area contributed by atoms with E-state index in [9.17, 15) is 0 Å². The Balaban J connectivity index is 1.49. The highest BCUT2D eigenvalue weighted by molar-refractivity contribution is 7.99. The average molecular weight is 365 g/mol. The fraction of sp³-hybridized carbons (Fsp3) is 0.364. The number of fused-ring (bicyclic) bond motifs is 2. The lowest BCUT2D eigenvalue weighted by Gasteiger charge is -2.39. The minimum absolute atomic E-state index is 0.337. The van der Waals surface area contributed by atoms with Crippen LogP contribution in [-0.2, 0) is 6.54 Å². The molecule has 2 aromatic carbocycles. The van der Waals surface area contributed by atoms with Gasteiger partial charge in [0.2, 0.25) is 6.79 Å². The first-order valence-electron chi connectivity index (χ1n) is 9.42. The standard InChI is InChI=1S/C22H23NO2S/c1-3-7-17(8-4-1)23-13-16-11-20-21(25-15-24-20)12-19(16)22(14-23)26-18-9-5-2-6-10-18/h2-3,5-7,9-12,17,22H,1,4,8,13-15H2/t17-,22-/m1/s1. The molecule has 0 fully saturated rings. The van der Waals surface area contributed by atoms with Crippen molar-refractivity contribution >= 4 is 11.8 Å². The first-order chi connectivity index (χ1) is 12.9. The third kappa shape index (κ3) is 3.12. The number of hydrogen-bond donors (Lipinski definition) is 0. The highest BCUT2D eigenvalue weighted by atomic mass is 32.2. The van der Waals surface area contributed by atoms with E-state index in [-0.39, 0.29) is 0 Å². The summed E-state index contributed by atoms with van der Waals surface area (Å²) in [7, 11) is 0. The topological polar surface area (TPSA) is 21.7 Å². The minimum atomic E-state index is 0.337. The molecule has 2 aromatic rings. The van der Waals surface area contributed by atoms with Gasteiger partial charge in [0.1, 0.15) is 0 Å². The smallest absolute Gasteiger partial charge is 0.231 e. The number of ether oxygens (including phenoxy) is 2. The second kappa shape index (κ2) is 7.01. The van der Waals surface area contributed by atoms with Crippen LogP contribution in [0, 0.1) is 0 Å². The summed E-state index contributed by atoms with van der Waals surface area (Å²) >= 11 is 1.96. The maximum Gasteiger partial charge on any atom is 0.231 e. The lowest BCUT2D eigenvalue weighted by atomic mass is 9.94. The quantitative estimate of drug-likeness (QED) is 0.699. The molecular formula is C22H23NO2S. The molecule has 0 spiro atoms. The van der Waals surface area contributed by atoms with E-state index in [0.29, 0.717) is 18.1 Å². The highest BCUT2D eigenvalue weighted by Crippen LogP contribution is 2.46. The van der Waals surface area contributed by atoms with Crippen molar-refractivity contribution in [2.75, 3.05) is 13.3 Å². The van der Waals surface area contributed by atoms with Gasteiger partial charge in [0.15, 0.2) is 11.5 Å². The average Bonchev–Trinajstić information content (AvgIpc) is 3.15. The zero-order valence-electron chi connectivity index (χ0n) is 14.8. The Labute approximate surface area is 159 Å². The van der Waals surface area contributed by atoms with E-state index in [1.807, 2.05) is 11.8 Å². The number of nitrogens with zero attached hydrogens (tertiary/aromatic N) is 1. The summed E-state index contributed by atoms with van der Waals surface area (Å²) in [4.78, 5) is 3.96. The monoisotopic (exact) mass is 365 g/mol. The Bertz CT molecular complexity index is 820. The van der Waals surface area contributed by atoms with Gasteiger partial charge in [-0.15, -0.1) is 11.8 Å². The van der Waals surface area contributed by atoms with Crippen LogP contribution >= 0.6 is 11.8 Å². The Morgan fingerprint density at radius 1 is 1.04 bits per heavy atom. The van der Waals surface area contributed by atoms with Crippen LogP contribution in [0.15, 0.2) is 59.5 Å². The van der Waals surface area contributed by atoms with Crippen LogP contribution in [0.4, 0.5) is 0 Å². The zero-order valence-corrected chi connectivity index (χ0v) is 15.6. The van der Waals surface area contributed by atoms with E-state index in [1.165, 1.54) is 35.3 Å². The van der Waals surface area contributed by atoms with Crippen LogP contribution in [0.5, 0.6) is 11.5 Å². The van der Waals surface area contributed by atoms with E-state index in [0.717, 1.165) is 24.6 Å². The molecule has 26 heavy (non-hydrogen) atoms. The van der Waals surface area contributed by atoms with Gasteiger partial charge in [-0.2, -0.15) is 0 Å². The molecule has 1 aliphatic carbocycles. The molecule has 3 nitrogen and oxygen atoms in total. The van der Waals surface area contributed by atoms with Crippen LogP contribution < -0.4 is 9.47 Å². The Morgan fingerprint density at radius 2 is 1.88 bits per heavy atom. The summed E-state index contributed by atoms with van der Waals surface area (Å²) in [6, 6.07) is 15.7. The number of allylic oxidation sites excluding steroid dienone is 1. The molecule has 0 N–H and O–H groups in total. The van der Waals surface area contributed by atoms with Crippen molar-refractivity contribution in [1.29, 1.82) is 0 Å². The van der Waals surface area contributed by atoms with Gasteiger partial charge in [-0.1, -0.05) is 30.4 Å². The number of thioether (sulfide) groups is 1. The van der Waals surface area contributed by atoms with Crippen LogP contribution in [0.2, 0.25) is 0 Å².